The van der Waals surface area contributed by atoms with E-state index in [9.17, 15) is 4.79 Å². The Kier molecular flexibility index (Phi) is 4.18. The topological polar surface area (TPSA) is 55.1 Å². The van der Waals surface area contributed by atoms with E-state index in [-0.39, 0.29) is 5.91 Å². The normalized spacial score (nSPS) is 18.1. The van der Waals surface area contributed by atoms with Crippen molar-refractivity contribution in [1.29, 1.82) is 0 Å². The lowest BCUT2D eigenvalue weighted by Crippen LogP contribution is -2.22. The molecule has 3 nitrogen and oxygen atoms in total. The third-order valence-corrected chi connectivity index (χ3v) is 3.67. The minimum absolute atomic E-state index is 0.220. The molecular formula is C13H17BrN2O. The highest BCUT2D eigenvalue weighted by molar-refractivity contribution is 9.10. The molecule has 1 aromatic rings. The van der Waals surface area contributed by atoms with E-state index < -0.39 is 0 Å². The van der Waals surface area contributed by atoms with Gasteiger partial charge in [0.2, 0.25) is 5.91 Å². The number of nitrogens with one attached hydrogen (secondary N) is 1. The number of primary amides is 1. The van der Waals surface area contributed by atoms with Gasteiger partial charge >= 0.3 is 0 Å². The fourth-order valence-electron chi connectivity index (χ4n) is 2.34. The molecule has 0 radical (unpaired) electrons. The SMILES string of the molecule is NC(=O)CCCNC1CCc2cc(Br)ccc21. The van der Waals surface area contributed by atoms with Crippen LogP contribution in [0.25, 0.3) is 0 Å². The summed E-state index contributed by atoms with van der Waals surface area (Å²) in [5, 5.41) is 3.49. The van der Waals surface area contributed by atoms with Gasteiger partial charge < -0.3 is 11.1 Å². The number of hydrogen-bond acceptors (Lipinski definition) is 2. The number of nitrogens with two attached hydrogens (primary N) is 1. The second-order valence-corrected chi connectivity index (χ2v) is 5.37. The van der Waals surface area contributed by atoms with Gasteiger partial charge in [-0.15, -0.1) is 0 Å². The highest BCUT2D eigenvalue weighted by Gasteiger charge is 2.21. The maximum Gasteiger partial charge on any atom is 0.217 e. The number of carbonyl (C=O) groups is 1. The van der Waals surface area contributed by atoms with Crippen molar-refractivity contribution in [3.8, 4) is 0 Å². The highest BCUT2D eigenvalue weighted by atomic mass is 79.9. The van der Waals surface area contributed by atoms with Gasteiger partial charge in [0.25, 0.3) is 0 Å². The molecule has 1 unspecified atom stereocenters. The molecule has 0 fully saturated rings. The number of halogens is 1. The molecule has 0 aliphatic heterocycles. The fraction of sp³-hybridized carbons (Fsp3) is 0.462. The second-order valence-electron chi connectivity index (χ2n) is 4.46. The van der Waals surface area contributed by atoms with Gasteiger partial charge in [0, 0.05) is 16.9 Å². The van der Waals surface area contributed by atoms with Crippen molar-refractivity contribution in [2.75, 3.05) is 6.54 Å². The molecule has 1 aromatic carbocycles. The maximum atomic E-state index is 10.6. The Labute approximate surface area is 110 Å². The van der Waals surface area contributed by atoms with E-state index in [1.54, 1.807) is 0 Å². The number of fused-ring (bicyclic) bond motifs is 1. The summed E-state index contributed by atoms with van der Waals surface area (Å²) in [5.74, 6) is -0.220. The van der Waals surface area contributed by atoms with Crippen molar-refractivity contribution in [3.05, 3.63) is 33.8 Å². The van der Waals surface area contributed by atoms with Crippen LogP contribution in [0.15, 0.2) is 22.7 Å². The summed E-state index contributed by atoms with van der Waals surface area (Å²) in [7, 11) is 0. The van der Waals surface area contributed by atoms with E-state index in [1.165, 1.54) is 11.1 Å². The van der Waals surface area contributed by atoms with Crippen LogP contribution in [0.1, 0.15) is 36.4 Å². The molecular weight excluding hydrogens is 280 g/mol. The molecule has 1 amide bonds. The third kappa shape index (κ3) is 3.30. The van der Waals surface area contributed by atoms with Crippen LogP contribution >= 0.6 is 15.9 Å². The molecule has 2 rings (SSSR count). The number of hydrogen-bond donors (Lipinski definition) is 2. The van der Waals surface area contributed by atoms with Gasteiger partial charge in [0.05, 0.1) is 0 Å². The minimum atomic E-state index is -0.220. The summed E-state index contributed by atoms with van der Waals surface area (Å²) in [4.78, 5) is 10.6. The van der Waals surface area contributed by atoms with Gasteiger partial charge in [-0.3, -0.25) is 4.79 Å². The predicted octanol–water partition coefficient (Wildman–Crippen LogP) is 2.29. The van der Waals surface area contributed by atoms with Gasteiger partial charge in [-0.2, -0.15) is 0 Å². The first-order valence-electron chi connectivity index (χ1n) is 5.97. The summed E-state index contributed by atoms with van der Waals surface area (Å²) >= 11 is 3.49. The van der Waals surface area contributed by atoms with E-state index in [2.05, 4.69) is 39.4 Å². The van der Waals surface area contributed by atoms with Crippen molar-refractivity contribution in [2.45, 2.75) is 31.7 Å². The first-order chi connectivity index (χ1) is 8.16. The van der Waals surface area contributed by atoms with Gasteiger partial charge in [-0.25, -0.2) is 0 Å². The molecule has 4 heteroatoms. The Bertz CT molecular complexity index is 420. The Morgan fingerprint density at radius 1 is 1.53 bits per heavy atom. The van der Waals surface area contributed by atoms with Gasteiger partial charge in [0.1, 0.15) is 0 Å². The summed E-state index contributed by atoms with van der Waals surface area (Å²) in [6, 6.07) is 6.90. The molecule has 3 N–H and O–H groups in total. The molecule has 0 heterocycles. The lowest BCUT2D eigenvalue weighted by Gasteiger charge is -2.13. The number of rotatable bonds is 5. The van der Waals surface area contributed by atoms with E-state index in [0.717, 1.165) is 30.3 Å². The molecule has 1 atom stereocenters. The third-order valence-electron chi connectivity index (χ3n) is 3.17. The van der Waals surface area contributed by atoms with Crippen LogP contribution < -0.4 is 11.1 Å². The highest BCUT2D eigenvalue weighted by Crippen LogP contribution is 2.32. The van der Waals surface area contributed by atoms with Crippen LogP contribution in [-0.2, 0) is 11.2 Å². The Hall–Kier alpha value is -0.870. The van der Waals surface area contributed by atoms with Crippen molar-refractivity contribution in [2.24, 2.45) is 5.73 Å². The van der Waals surface area contributed by atoms with Gasteiger partial charge in [-0.05, 0) is 49.1 Å². The van der Waals surface area contributed by atoms with Crippen LogP contribution in [-0.4, -0.2) is 12.5 Å². The zero-order chi connectivity index (χ0) is 12.3. The fourth-order valence-corrected chi connectivity index (χ4v) is 2.75. The van der Waals surface area contributed by atoms with Crippen molar-refractivity contribution >= 4 is 21.8 Å². The molecule has 0 saturated carbocycles. The lowest BCUT2D eigenvalue weighted by atomic mass is 10.1. The zero-order valence-corrected chi connectivity index (χ0v) is 11.3. The van der Waals surface area contributed by atoms with Crippen LogP contribution in [0.2, 0.25) is 0 Å². The van der Waals surface area contributed by atoms with Crippen LogP contribution in [0.4, 0.5) is 0 Å². The monoisotopic (exact) mass is 296 g/mol. The number of carbonyl (C=O) groups excluding carboxylic acids is 1. The standard InChI is InChI=1S/C13H17BrN2O/c14-10-4-5-11-9(8-10)3-6-12(11)16-7-1-2-13(15)17/h4-5,8,12,16H,1-3,6-7H2,(H2,15,17). The van der Waals surface area contributed by atoms with Crippen LogP contribution in [0.3, 0.4) is 0 Å². The molecule has 17 heavy (non-hydrogen) atoms. The molecule has 0 spiro atoms. The minimum Gasteiger partial charge on any atom is -0.370 e. The van der Waals surface area contributed by atoms with E-state index in [1.807, 2.05) is 0 Å². The van der Waals surface area contributed by atoms with E-state index >= 15 is 0 Å². The zero-order valence-electron chi connectivity index (χ0n) is 9.71. The smallest absolute Gasteiger partial charge is 0.217 e. The summed E-state index contributed by atoms with van der Waals surface area (Å²) in [5.41, 5.74) is 7.93. The van der Waals surface area contributed by atoms with Crippen molar-refractivity contribution in [1.82, 2.24) is 5.32 Å². The molecule has 0 bridgehead atoms. The second kappa shape index (κ2) is 5.65. The predicted molar refractivity (Wildman–Crippen MR) is 71.6 cm³/mol. The molecule has 1 aliphatic carbocycles. The molecule has 0 aromatic heterocycles. The quantitative estimate of drug-likeness (QED) is 0.819. The first-order valence-corrected chi connectivity index (χ1v) is 6.76. The number of amides is 1. The molecule has 0 saturated heterocycles. The van der Waals surface area contributed by atoms with E-state index in [0.29, 0.717) is 12.5 Å². The van der Waals surface area contributed by atoms with Gasteiger partial charge in [0.15, 0.2) is 0 Å². The average molecular weight is 297 g/mol. The van der Waals surface area contributed by atoms with Gasteiger partial charge in [-0.1, -0.05) is 22.0 Å². The van der Waals surface area contributed by atoms with Crippen molar-refractivity contribution < 1.29 is 4.79 Å². The summed E-state index contributed by atoms with van der Waals surface area (Å²) in [6.07, 6.45) is 3.55. The van der Waals surface area contributed by atoms with E-state index in [4.69, 9.17) is 5.73 Å². The maximum absolute atomic E-state index is 10.6. The number of aryl methyl sites for hydroxylation is 1. The van der Waals surface area contributed by atoms with Crippen LogP contribution in [0, 0.1) is 0 Å². The largest absolute Gasteiger partial charge is 0.370 e. The number of benzene rings is 1. The summed E-state index contributed by atoms with van der Waals surface area (Å²) in [6.45, 7) is 0.850. The lowest BCUT2D eigenvalue weighted by molar-refractivity contribution is -0.118. The Morgan fingerprint density at radius 3 is 3.12 bits per heavy atom. The first kappa shape index (κ1) is 12.6. The Morgan fingerprint density at radius 2 is 2.35 bits per heavy atom. The molecule has 1 aliphatic rings. The summed E-state index contributed by atoms with van der Waals surface area (Å²) < 4.78 is 1.14. The average Bonchev–Trinajstić information content (AvgIpc) is 2.66. The molecule has 92 valence electrons. The Balaban J connectivity index is 1.87. The van der Waals surface area contributed by atoms with Crippen molar-refractivity contribution in [3.63, 3.8) is 0 Å². The van der Waals surface area contributed by atoms with Crippen LogP contribution in [0.5, 0.6) is 0 Å².